The summed E-state index contributed by atoms with van der Waals surface area (Å²) in [5.41, 5.74) is 0.644. The molecular weight excluding hydrogens is 374 g/mol. The van der Waals surface area contributed by atoms with Crippen LogP contribution in [0.1, 0.15) is 42.5 Å². The highest BCUT2D eigenvalue weighted by Crippen LogP contribution is 2.20. The van der Waals surface area contributed by atoms with E-state index in [2.05, 4.69) is 10.0 Å². The minimum absolute atomic E-state index is 0.179. The van der Waals surface area contributed by atoms with Crippen molar-refractivity contribution in [2.45, 2.75) is 43.0 Å². The molecule has 1 amide bonds. The number of anilines is 1. The summed E-state index contributed by atoms with van der Waals surface area (Å²) in [6.07, 6.45) is 5.35. The zero-order valence-corrected chi connectivity index (χ0v) is 15.4. The van der Waals surface area contributed by atoms with Crippen molar-refractivity contribution in [3.05, 3.63) is 59.7 Å². The third kappa shape index (κ3) is 4.82. The summed E-state index contributed by atoms with van der Waals surface area (Å²) in [7, 11) is -4.07. The lowest BCUT2D eigenvalue weighted by Crippen LogP contribution is -2.36. The summed E-state index contributed by atoms with van der Waals surface area (Å²) in [5, 5.41) is 2.99. The van der Waals surface area contributed by atoms with Crippen LogP contribution in [0.15, 0.2) is 47.4 Å². The van der Waals surface area contributed by atoms with Gasteiger partial charge in [-0.05, 0) is 55.3 Å². The highest BCUT2D eigenvalue weighted by atomic mass is 32.2. The van der Waals surface area contributed by atoms with E-state index < -0.39 is 21.7 Å². The fourth-order valence-corrected chi connectivity index (χ4v) is 4.13. The Balaban J connectivity index is 1.67. The number of carbonyl (C=O) groups excluding carboxylic acids is 1. The van der Waals surface area contributed by atoms with Gasteiger partial charge >= 0.3 is 0 Å². The molecule has 1 saturated carbocycles. The Hall–Kier alpha value is -2.48. The Kier molecular flexibility index (Phi) is 5.74. The van der Waals surface area contributed by atoms with Crippen LogP contribution >= 0.6 is 0 Å². The maximum absolute atomic E-state index is 13.3. The van der Waals surface area contributed by atoms with Crippen LogP contribution in [0.3, 0.4) is 0 Å². The van der Waals surface area contributed by atoms with Gasteiger partial charge in [-0.25, -0.2) is 17.2 Å². The zero-order valence-electron chi connectivity index (χ0n) is 14.5. The molecule has 0 atom stereocenters. The highest BCUT2D eigenvalue weighted by molar-refractivity contribution is 7.92. The number of nitrogens with one attached hydrogen (secondary N) is 2. The largest absolute Gasteiger partial charge is 0.349 e. The Bertz CT molecular complexity index is 924. The first kappa shape index (κ1) is 19.3. The van der Waals surface area contributed by atoms with Gasteiger partial charge in [-0.2, -0.15) is 0 Å². The molecule has 0 spiro atoms. The molecule has 0 unspecified atom stereocenters. The SMILES string of the molecule is O=C(NC1CCCCC1)c1ccc(NS(=O)(=O)c2ccc(F)c(F)c2)cc1. The first-order valence-electron chi connectivity index (χ1n) is 8.74. The van der Waals surface area contributed by atoms with Gasteiger partial charge in [-0.15, -0.1) is 0 Å². The molecule has 2 N–H and O–H groups in total. The molecule has 27 heavy (non-hydrogen) atoms. The molecule has 2 aromatic carbocycles. The van der Waals surface area contributed by atoms with E-state index in [0.29, 0.717) is 11.6 Å². The van der Waals surface area contributed by atoms with Crippen molar-refractivity contribution in [3.63, 3.8) is 0 Å². The molecule has 8 heteroatoms. The summed E-state index contributed by atoms with van der Waals surface area (Å²) < 4.78 is 53.1. The minimum atomic E-state index is -4.07. The monoisotopic (exact) mass is 394 g/mol. The molecule has 144 valence electrons. The van der Waals surface area contributed by atoms with Gasteiger partial charge < -0.3 is 5.32 Å². The van der Waals surface area contributed by atoms with Crippen LogP contribution in [0.2, 0.25) is 0 Å². The van der Waals surface area contributed by atoms with Crippen molar-refractivity contribution in [2.75, 3.05) is 4.72 Å². The third-order valence-electron chi connectivity index (χ3n) is 4.54. The molecule has 1 aliphatic carbocycles. The van der Waals surface area contributed by atoms with Crippen LogP contribution < -0.4 is 10.0 Å². The number of benzene rings is 2. The van der Waals surface area contributed by atoms with Crippen LogP contribution in [-0.4, -0.2) is 20.4 Å². The number of sulfonamides is 1. The highest BCUT2D eigenvalue weighted by Gasteiger charge is 2.18. The lowest BCUT2D eigenvalue weighted by molar-refractivity contribution is 0.0927. The molecule has 0 saturated heterocycles. The average molecular weight is 394 g/mol. The molecule has 0 aromatic heterocycles. The van der Waals surface area contributed by atoms with E-state index in [4.69, 9.17) is 0 Å². The molecule has 0 radical (unpaired) electrons. The predicted octanol–water partition coefficient (Wildman–Crippen LogP) is 3.83. The Labute approximate surface area is 156 Å². The van der Waals surface area contributed by atoms with Crippen LogP contribution in [0, 0.1) is 11.6 Å². The van der Waals surface area contributed by atoms with Crippen LogP contribution in [0.5, 0.6) is 0 Å². The first-order chi connectivity index (χ1) is 12.8. The average Bonchev–Trinajstić information content (AvgIpc) is 2.65. The van der Waals surface area contributed by atoms with Crippen molar-refractivity contribution in [3.8, 4) is 0 Å². The predicted molar refractivity (Wildman–Crippen MR) is 97.9 cm³/mol. The van der Waals surface area contributed by atoms with E-state index in [9.17, 15) is 22.0 Å². The molecule has 0 bridgehead atoms. The maximum Gasteiger partial charge on any atom is 0.261 e. The van der Waals surface area contributed by atoms with Gasteiger partial charge in [0.15, 0.2) is 11.6 Å². The number of carbonyl (C=O) groups is 1. The summed E-state index contributed by atoms with van der Waals surface area (Å²) >= 11 is 0. The van der Waals surface area contributed by atoms with Crippen molar-refractivity contribution in [1.82, 2.24) is 5.32 Å². The van der Waals surface area contributed by atoms with Gasteiger partial charge in [0.2, 0.25) is 0 Å². The van der Waals surface area contributed by atoms with Crippen LogP contribution in [-0.2, 0) is 10.0 Å². The number of rotatable bonds is 5. The third-order valence-corrected chi connectivity index (χ3v) is 5.92. The summed E-state index contributed by atoms with van der Waals surface area (Å²) in [5.74, 6) is -2.56. The van der Waals surface area contributed by atoms with Crippen molar-refractivity contribution in [1.29, 1.82) is 0 Å². The lowest BCUT2D eigenvalue weighted by atomic mass is 9.95. The standard InChI is InChI=1S/C19H20F2N2O3S/c20-17-11-10-16(12-18(17)21)27(25,26)23-15-8-6-13(7-9-15)19(24)22-14-4-2-1-3-5-14/h6-12,14,23H,1-5H2,(H,22,24). The molecule has 5 nitrogen and oxygen atoms in total. The summed E-state index contributed by atoms with van der Waals surface area (Å²) in [6.45, 7) is 0. The number of halogens is 2. The fraction of sp³-hybridized carbons (Fsp3) is 0.316. The van der Waals surface area contributed by atoms with Gasteiger partial charge in [0.25, 0.3) is 15.9 Å². The molecule has 3 rings (SSSR count). The molecular formula is C19H20F2N2O3S. The van der Waals surface area contributed by atoms with E-state index in [-0.39, 0.29) is 22.5 Å². The topological polar surface area (TPSA) is 75.3 Å². The van der Waals surface area contributed by atoms with Gasteiger partial charge in [-0.3, -0.25) is 9.52 Å². The molecule has 1 aliphatic rings. The maximum atomic E-state index is 13.3. The van der Waals surface area contributed by atoms with Gasteiger partial charge in [0.05, 0.1) is 4.90 Å². The van der Waals surface area contributed by atoms with Crippen molar-refractivity contribution in [2.24, 2.45) is 0 Å². The molecule has 0 aliphatic heterocycles. The molecule has 2 aromatic rings. The normalized spacial score (nSPS) is 15.3. The number of hydrogen-bond donors (Lipinski definition) is 2. The van der Waals surface area contributed by atoms with Crippen LogP contribution in [0.25, 0.3) is 0 Å². The van der Waals surface area contributed by atoms with Gasteiger partial charge in [-0.1, -0.05) is 19.3 Å². The Morgan fingerprint density at radius 1 is 0.926 bits per heavy atom. The van der Waals surface area contributed by atoms with Crippen LogP contribution in [0.4, 0.5) is 14.5 Å². The second-order valence-corrected chi connectivity index (χ2v) is 8.25. The number of amides is 1. The number of hydrogen-bond acceptors (Lipinski definition) is 3. The van der Waals surface area contributed by atoms with E-state index in [1.807, 2.05) is 0 Å². The van der Waals surface area contributed by atoms with E-state index >= 15 is 0 Å². The lowest BCUT2D eigenvalue weighted by Gasteiger charge is -2.22. The smallest absolute Gasteiger partial charge is 0.261 e. The van der Waals surface area contributed by atoms with Crippen molar-refractivity contribution >= 4 is 21.6 Å². The Morgan fingerprint density at radius 3 is 2.22 bits per heavy atom. The first-order valence-corrected chi connectivity index (χ1v) is 10.2. The summed E-state index contributed by atoms with van der Waals surface area (Å²) in [6, 6.07) is 8.46. The van der Waals surface area contributed by atoms with Gasteiger partial charge in [0.1, 0.15) is 0 Å². The Morgan fingerprint density at radius 2 is 1.59 bits per heavy atom. The second-order valence-electron chi connectivity index (χ2n) is 6.57. The van der Waals surface area contributed by atoms with Gasteiger partial charge in [0, 0.05) is 17.3 Å². The van der Waals surface area contributed by atoms with E-state index in [0.717, 1.165) is 37.8 Å². The fourth-order valence-electron chi connectivity index (χ4n) is 3.06. The summed E-state index contributed by atoms with van der Waals surface area (Å²) in [4.78, 5) is 11.9. The zero-order chi connectivity index (χ0) is 19.4. The van der Waals surface area contributed by atoms with Crippen molar-refractivity contribution < 1.29 is 22.0 Å². The molecule has 1 fully saturated rings. The minimum Gasteiger partial charge on any atom is -0.349 e. The molecule has 0 heterocycles. The van der Waals surface area contributed by atoms with E-state index in [1.54, 1.807) is 0 Å². The quantitative estimate of drug-likeness (QED) is 0.809. The van der Waals surface area contributed by atoms with E-state index in [1.165, 1.54) is 30.7 Å². The second kappa shape index (κ2) is 8.04.